The zero-order valence-electron chi connectivity index (χ0n) is 21.1. The van der Waals surface area contributed by atoms with E-state index in [0.29, 0.717) is 24.3 Å². The molecule has 4 aromatic carbocycles. The first-order chi connectivity index (χ1) is 20.4. The Bertz CT molecular complexity index is 2180. The zero-order chi connectivity index (χ0) is 32.7. The molecule has 0 bridgehead atoms. The van der Waals surface area contributed by atoms with Gasteiger partial charge in [0.2, 0.25) is 5.75 Å². The summed E-state index contributed by atoms with van der Waals surface area (Å²) in [6.45, 7) is 0. The third-order valence-electron chi connectivity index (χ3n) is 5.61. The second kappa shape index (κ2) is 11.1. The van der Waals surface area contributed by atoms with Crippen molar-refractivity contribution in [2.45, 2.75) is 9.79 Å². The van der Waals surface area contributed by atoms with Gasteiger partial charge in [-0.2, -0.15) is 16.8 Å². The van der Waals surface area contributed by atoms with Crippen molar-refractivity contribution in [3.05, 3.63) is 68.8 Å². The molecule has 228 valence electrons. The number of nitro benzene ring substituents is 2. The number of azo groups is 2. The first-order valence-corrected chi connectivity index (χ1v) is 14.1. The highest BCUT2D eigenvalue weighted by Crippen LogP contribution is 2.44. The van der Waals surface area contributed by atoms with E-state index in [2.05, 4.69) is 20.5 Å². The summed E-state index contributed by atoms with van der Waals surface area (Å²) in [5, 5.41) is 77.0. The molecule has 0 unspecified atom stereocenters. The van der Waals surface area contributed by atoms with Crippen molar-refractivity contribution in [2.75, 3.05) is 0 Å². The lowest BCUT2D eigenvalue weighted by molar-refractivity contribution is -0.394. The Kier molecular flexibility index (Phi) is 7.85. The Balaban J connectivity index is 1.84. The summed E-state index contributed by atoms with van der Waals surface area (Å²) in [6, 6.07) is 5.51. The summed E-state index contributed by atoms with van der Waals surface area (Å²) in [5.41, 5.74) is -4.16. The van der Waals surface area contributed by atoms with E-state index in [-0.39, 0.29) is 10.8 Å². The van der Waals surface area contributed by atoms with Gasteiger partial charge in [0.05, 0.1) is 36.8 Å². The van der Waals surface area contributed by atoms with Crippen LogP contribution in [0, 0.1) is 20.2 Å². The average Bonchev–Trinajstić information content (AvgIpc) is 2.90. The van der Waals surface area contributed by atoms with Crippen LogP contribution in [-0.4, -0.2) is 56.2 Å². The van der Waals surface area contributed by atoms with Gasteiger partial charge in [-0.3, -0.25) is 29.3 Å². The van der Waals surface area contributed by atoms with Gasteiger partial charge in [-0.25, -0.2) is 0 Å². The molecule has 22 heteroatoms. The van der Waals surface area contributed by atoms with Crippen LogP contribution in [0.2, 0.25) is 0 Å². The molecule has 0 heterocycles. The van der Waals surface area contributed by atoms with Gasteiger partial charge in [-0.1, -0.05) is 0 Å². The summed E-state index contributed by atoms with van der Waals surface area (Å²) in [4.78, 5) is 18.5. The van der Waals surface area contributed by atoms with Crippen LogP contribution in [0.25, 0.3) is 10.8 Å². The molecule has 20 nitrogen and oxygen atoms in total. The number of nitrogens with zero attached hydrogens (tertiary/aromatic N) is 6. The van der Waals surface area contributed by atoms with Gasteiger partial charge in [0.1, 0.15) is 34.3 Å². The van der Waals surface area contributed by atoms with Crippen LogP contribution in [0.3, 0.4) is 0 Å². The predicted molar refractivity (Wildman–Crippen MR) is 145 cm³/mol. The van der Waals surface area contributed by atoms with Crippen LogP contribution in [0.1, 0.15) is 0 Å². The number of benzene rings is 4. The number of hydrogen-bond donors (Lipinski definition) is 6. The monoisotopic (exact) mass is 650 g/mol. The average molecular weight is 651 g/mol. The van der Waals surface area contributed by atoms with E-state index in [1.54, 1.807) is 0 Å². The van der Waals surface area contributed by atoms with Crippen molar-refractivity contribution >= 4 is 65.1 Å². The van der Waals surface area contributed by atoms with Crippen molar-refractivity contribution in [3.8, 4) is 23.0 Å². The molecule has 0 aliphatic heterocycles. The maximum absolute atomic E-state index is 11.8. The standard InChI is InChI=1S/C22H14N6O14S2/c29-18-8-19(30)14(24-26-16-3-10(27(33)34)4-17(22(16)32)28(35)36)7-13(18)23-25-15-5-11(43(37,38)39)1-9-2-12(44(40,41)42)6-20(31)21(9)15/h1-8,29-32H,(H,37,38,39)(H,40,41,42)/b25-23+,26-24+. The highest BCUT2D eigenvalue weighted by molar-refractivity contribution is 7.86. The number of nitro groups is 2. The Labute approximate surface area is 243 Å². The number of phenols is 4. The minimum absolute atomic E-state index is 0.311. The normalized spacial score (nSPS) is 12.3. The molecule has 6 N–H and O–H groups in total. The lowest BCUT2D eigenvalue weighted by Gasteiger charge is -2.09. The molecular weight excluding hydrogens is 636 g/mol. The molecule has 0 radical (unpaired) electrons. The molecule has 0 saturated heterocycles. The van der Waals surface area contributed by atoms with E-state index in [1.165, 1.54) is 0 Å². The van der Waals surface area contributed by atoms with Crippen molar-refractivity contribution in [2.24, 2.45) is 20.5 Å². The third kappa shape index (κ3) is 6.31. The van der Waals surface area contributed by atoms with Crippen LogP contribution in [0.15, 0.2) is 78.8 Å². The third-order valence-corrected chi connectivity index (χ3v) is 7.28. The predicted octanol–water partition coefficient (Wildman–Crippen LogP) is 4.80. The highest BCUT2D eigenvalue weighted by atomic mass is 32.2. The number of non-ortho nitro benzene ring substituents is 1. The number of aromatic hydroxyl groups is 4. The van der Waals surface area contributed by atoms with Gasteiger partial charge in [0, 0.05) is 24.3 Å². The lowest BCUT2D eigenvalue weighted by Crippen LogP contribution is -2.00. The molecule has 0 aliphatic carbocycles. The van der Waals surface area contributed by atoms with Crippen LogP contribution in [0.5, 0.6) is 23.0 Å². The van der Waals surface area contributed by atoms with Crippen LogP contribution in [-0.2, 0) is 20.2 Å². The van der Waals surface area contributed by atoms with Crippen LogP contribution in [0.4, 0.5) is 34.1 Å². The van der Waals surface area contributed by atoms with Gasteiger partial charge in [-0.05, 0) is 23.6 Å². The fourth-order valence-corrected chi connectivity index (χ4v) is 4.71. The summed E-state index contributed by atoms with van der Waals surface area (Å²) >= 11 is 0. The zero-order valence-corrected chi connectivity index (χ0v) is 22.7. The Morgan fingerprint density at radius 1 is 0.568 bits per heavy atom. The number of rotatable bonds is 8. The molecule has 0 aromatic heterocycles. The van der Waals surface area contributed by atoms with Crippen molar-refractivity contribution in [1.29, 1.82) is 0 Å². The second-order valence-electron chi connectivity index (χ2n) is 8.51. The molecule has 0 atom stereocenters. The van der Waals surface area contributed by atoms with E-state index in [0.717, 1.165) is 24.3 Å². The van der Waals surface area contributed by atoms with Gasteiger partial charge < -0.3 is 20.4 Å². The van der Waals surface area contributed by atoms with E-state index in [4.69, 9.17) is 0 Å². The molecule has 0 aliphatic rings. The maximum Gasteiger partial charge on any atom is 0.319 e. The minimum Gasteiger partial charge on any atom is -0.507 e. The van der Waals surface area contributed by atoms with Gasteiger partial charge in [-0.15, -0.1) is 20.5 Å². The summed E-state index contributed by atoms with van der Waals surface area (Å²) in [6.07, 6.45) is 0. The van der Waals surface area contributed by atoms with Crippen LogP contribution < -0.4 is 0 Å². The van der Waals surface area contributed by atoms with E-state index in [9.17, 15) is 66.6 Å². The molecule has 4 rings (SSSR count). The molecule has 0 fully saturated rings. The second-order valence-corrected chi connectivity index (χ2v) is 11.4. The van der Waals surface area contributed by atoms with Gasteiger partial charge in [0.15, 0.2) is 0 Å². The molecule has 4 aromatic rings. The first-order valence-electron chi connectivity index (χ1n) is 11.2. The topological polar surface area (TPSA) is 325 Å². The summed E-state index contributed by atoms with van der Waals surface area (Å²) in [7, 11) is -9.82. The van der Waals surface area contributed by atoms with Gasteiger partial charge in [0.25, 0.3) is 25.9 Å². The molecule has 0 saturated carbocycles. The number of fused-ring (bicyclic) bond motifs is 1. The molecule has 0 spiro atoms. The lowest BCUT2D eigenvalue weighted by atomic mass is 10.1. The molecule has 44 heavy (non-hydrogen) atoms. The Hall–Kier alpha value is -5.84. The van der Waals surface area contributed by atoms with E-state index < -0.39 is 97.0 Å². The van der Waals surface area contributed by atoms with Crippen molar-refractivity contribution < 1.29 is 56.2 Å². The molecular formula is C22H14N6O14S2. The first kappa shape index (κ1) is 31.1. The SMILES string of the molecule is O=[N+]([O-])c1cc(/N=N/c2cc(/N=N/c3cc(S(=O)(=O)O)cc4cc(S(=O)(=O)O)cc(O)c34)c(O)cc2O)c(O)c([N+](=O)[O-])c1. The summed E-state index contributed by atoms with van der Waals surface area (Å²) < 4.78 is 65.6. The van der Waals surface area contributed by atoms with Crippen molar-refractivity contribution in [1.82, 2.24) is 0 Å². The number of hydrogen-bond acceptors (Lipinski definition) is 16. The summed E-state index contributed by atoms with van der Waals surface area (Å²) in [5.74, 6) is -3.43. The fourth-order valence-electron chi connectivity index (χ4n) is 3.63. The van der Waals surface area contributed by atoms with Crippen LogP contribution >= 0.6 is 0 Å². The van der Waals surface area contributed by atoms with E-state index >= 15 is 0 Å². The highest BCUT2D eigenvalue weighted by Gasteiger charge is 2.24. The number of phenolic OH excluding ortho intramolecular Hbond substituents is 4. The Morgan fingerprint density at radius 3 is 1.57 bits per heavy atom. The van der Waals surface area contributed by atoms with Crippen molar-refractivity contribution in [3.63, 3.8) is 0 Å². The fraction of sp³-hybridized carbons (Fsp3) is 0. The Morgan fingerprint density at radius 2 is 1.07 bits per heavy atom. The minimum atomic E-state index is -4.95. The van der Waals surface area contributed by atoms with E-state index in [1.807, 2.05) is 0 Å². The quantitative estimate of drug-likeness (QED) is 0.0645. The molecule has 0 amide bonds. The smallest absolute Gasteiger partial charge is 0.319 e. The van der Waals surface area contributed by atoms with Gasteiger partial charge >= 0.3 is 5.69 Å². The largest absolute Gasteiger partial charge is 0.507 e. The maximum atomic E-state index is 11.8.